The van der Waals surface area contributed by atoms with Crippen molar-refractivity contribution >= 4 is 22.6 Å². The molecular weight excluding hydrogens is 289 g/mol. The van der Waals surface area contributed by atoms with E-state index in [0.29, 0.717) is 9.39 Å². The van der Waals surface area contributed by atoms with E-state index in [2.05, 4.69) is 4.98 Å². The second kappa shape index (κ2) is 4.46. The van der Waals surface area contributed by atoms with Crippen LogP contribution in [-0.4, -0.2) is 4.98 Å². The predicted molar refractivity (Wildman–Crippen MR) is 51.2 cm³/mol. The van der Waals surface area contributed by atoms with Gasteiger partial charge in [-0.1, -0.05) is 0 Å². The van der Waals surface area contributed by atoms with E-state index in [1.54, 1.807) is 0 Å². The molecule has 1 aromatic heterocycles. The Morgan fingerprint density at radius 3 is 2.77 bits per heavy atom. The Bertz CT molecular complexity index is 346. The first-order valence-corrected chi connectivity index (χ1v) is 4.53. The molecule has 0 atom stereocenters. The summed E-state index contributed by atoms with van der Waals surface area (Å²) < 4.78 is 25.0. The van der Waals surface area contributed by atoms with Crippen LogP contribution in [0.5, 0.6) is 0 Å². The molecule has 0 bridgehead atoms. The average Bonchev–Trinajstić information content (AvgIpc) is 2.03. The van der Waals surface area contributed by atoms with Crippen molar-refractivity contribution in [1.82, 2.24) is 4.98 Å². The lowest BCUT2D eigenvalue weighted by atomic mass is 10.2. The van der Waals surface area contributed by atoms with Gasteiger partial charge in [0.05, 0.1) is 18.2 Å². The van der Waals surface area contributed by atoms with Crippen LogP contribution in [0.3, 0.4) is 0 Å². The van der Waals surface area contributed by atoms with Crippen molar-refractivity contribution in [1.29, 1.82) is 5.26 Å². The van der Waals surface area contributed by atoms with Gasteiger partial charge < -0.3 is 0 Å². The molecule has 1 heterocycles. The zero-order valence-corrected chi connectivity index (χ0v) is 8.62. The summed E-state index contributed by atoms with van der Waals surface area (Å²) in [5, 5.41) is 8.36. The molecule has 0 aliphatic rings. The minimum absolute atomic E-state index is 0.0660. The third-order valence-electron chi connectivity index (χ3n) is 1.38. The van der Waals surface area contributed by atoms with Crippen LogP contribution in [0.4, 0.5) is 8.78 Å². The van der Waals surface area contributed by atoms with Crippen LogP contribution in [0.1, 0.15) is 17.7 Å². The summed E-state index contributed by atoms with van der Waals surface area (Å²) >= 11 is 1.85. The highest BCUT2D eigenvalue weighted by molar-refractivity contribution is 14.1. The van der Waals surface area contributed by atoms with Gasteiger partial charge in [0.25, 0.3) is 6.43 Å². The van der Waals surface area contributed by atoms with E-state index in [1.807, 2.05) is 28.7 Å². The molecule has 5 heteroatoms. The average molecular weight is 294 g/mol. The smallest absolute Gasteiger partial charge is 0.246 e. The van der Waals surface area contributed by atoms with E-state index in [1.165, 1.54) is 12.1 Å². The third-order valence-corrected chi connectivity index (χ3v) is 1.93. The molecule has 13 heavy (non-hydrogen) atoms. The summed E-state index contributed by atoms with van der Waals surface area (Å²) in [4.78, 5) is 3.94. The number of aromatic nitrogens is 1. The van der Waals surface area contributed by atoms with Crippen molar-refractivity contribution < 1.29 is 8.78 Å². The van der Waals surface area contributed by atoms with Gasteiger partial charge >= 0.3 is 0 Å². The largest absolute Gasteiger partial charge is 0.264 e. The van der Waals surface area contributed by atoms with Crippen LogP contribution in [0.25, 0.3) is 0 Å². The molecule has 0 N–H and O–H groups in total. The highest BCUT2D eigenvalue weighted by Gasteiger charge is 2.09. The fourth-order valence-corrected chi connectivity index (χ4v) is 1.54. The van der Waals surface area contributed by atoms with E-state index in [-0.39, 0.29) is 12.0 Å². The number of nitrogens with zero attached hydrogens (tertiary/aromatic N) is 2. The van der Waals surface area contributed by atoms with Crippen LogP contribution in [0.2, 0.25) is 0 Å². The molecule has 0 radical (unpaired) electrons. The Hall–Kier alpha value is -0.770. The molecule has 1 rings (SSSR count). The Kier molecular flexibility index (Phi) is 3.54. The predicted octanol–water partition coefficient (Wildman–Crippen LogP) is 2.69. The Morgan fingerprint density at radius 1 is 1.54 bits per heavy atom. The Morgan fingerprint density at radius 2 is 2.23 bits per heavy atom. The minimum atomic E-state index is -2.51. The van der Waals surface area contributed by atoms with E-state index in [4.69, 9.17) is 5.26 Å². The van der Waals surface area contributed by atoms with Gasteiger partial charge in [-0.05, 0) is 34.7 Å². The molecule has 0 amide bonds. The molecule has 68 valence electrons. The second-order valence-electron chi connectivity index (χ2n) is 2.35. The van der Waals surface area contributed by atoms with Crippen molar-refractivity contribution in [2.24, 2.45) is 0 Å². The highest BCUT2D eigenvalue weighted by atomic mass is 127. The number of alkyl halides is 2. The van der Waals surface area contributed by atoms with Crippen LogP contribution in [0.15, 0.2) is 12.1 Å². The lowest BCUT2D eigenvalue weighted by Gasteiger charge is -2.02. The molecule has 0 aliphatic heterocycles. The maximum Gasteiger partial charge on any atom is 0.264 e. The first-order valence-electron chi connectivity index (χ1n) is 3.45. The normalized spacial score (nSPS) is 10.1. The molecule has 0 unspecified atom stereocenters. The number of rotatable bonds is 2. The topological polar surface area (TPSA) is 36.7 Å². The standard InChI is InChI=1S/C8H5F2IN2/c9-8(10)5-3-6(1-2-12)13-7(11)4-5/h3-4,8H,1H2. The lowest BCUT2D eigenvalue weighted by Crippen LogP contribution is -1.95. The summed E-state index contributed by atoms with van der Waals surface area (Å²) in [6.07, 6.45) is -2.44. The summed E-state index contributed by atoms with van der Waals surface area (Å²) in [6.45, 7) is 0. The van der Waals surface area contributed by atoms with E-state index in [0.717, 1.165) is 0 Å². The maximum absolute atomic E-state index is 12.3. The first-order chi connectivity index (χ1) is 6.13. The van der Waals surface area contributed by atoms with Crippen molar-refractivity contribution in [3.63, 3.8) is 0 Å². The minimum Gasteiger partial charge on any atom is -0.246 e. The van der Waals surface area contributed by atoms with Crippen molar-refractivity contribution in [2.75, 3.05) is 0 Å². The molecule has 0 saturated heterocycles. The van der Waals surface area contributed by atoms with Crippen molar-refractivity contribution in [3.8, 4) is 6.07 Å². The zero-order valence-electron chi connectivity index (χ0n) is 6.47. The van der Waals surface area contributed by atoms with Gasteiger partial charge in [-0.2, -0.15) is 5.26 Å². The molecule has 0 aliphatic carbocycles. The summed E-state index contributed by atoms with van der Waals surface area (Å²) in [7, 11) is 0. The van der Waals surface area contributed by atoms with Gasteiger partial charge in [-0.3, -0.25) is 0 Å². The Labute approximate surface area is 87.7 Å². The molecule has 1 aromatic rings. The maximum atomic E-state index is 12.3. The van der Waals surface area contributed by atoms with E-state index in [9.17, 15) is 8.78 Å². The van der Waals surface area contributed by atoms with Crippen LogP contribution in [0, 0.1) is 15.0 Å². The second-order valence-corrected chi connectivity index (χ2v) is 3.46. The van der Waals surface area contributed by atoms with Crippen LogP contribution < -0.4 is 0 Å². The van der Waals surface area contributed by atoms with Gasteiger partial charge in [0, 0.05) is 5.56 Å². The van der Waals surface area contributed by atoms with Crippen LogP contribution >= 0.6 is 22.6 Å². The fraction of sp³-hybridized carbons (Fsp3) is 0.250. The van der Waals surface area contributed by atoms with Crippen LogP contribution in [-0.2, 0) is 6.42 Å². The highest BCUT2D eigenvalue weighted by Crippen LogP contribution is 2.20. The molecule has 0 saturated carbocycles. The monoisotopic (exact) mass is 294 g/mol. The number of nitriles is 1. The van der Waals surface area contributed by atoms with Gasteiger partial charge in [0.15, 0.2) is 0 Å². The van der Waals surface area contributed by atoms with Gasteiger partial charge in [0.1, 0.15) is 3.70 Å². The van der Waals surface area contributed by atoms with E-state index >= 15 is 0 Å². The van der Waals surface area contributed by atoms with Gasteiger partial charge in [-0.15, -0.1) is 0 Å². The number of halogens is 3. The molecule has 0 aromatic carbocycles. The molecule has 2 nitrogen and oxygen atoms in total. The fourth-order valence-electron chi connectivity index (χ4n) is 0.871. The lowest BCUT2D eigenvalue weighted by molar-refractivity contribution is 0.151. The van der Waals surface area contributed by atoms with Crippen molar-refractivity contribution in [3.05, 3.63) is 27.1 Å². The number of pyridine rings is 1. The van der Waals surface area contributed by atoms with E-state index < -0.39 is 6.43 Å². The molecular formula is C8H5F2IN2. The molecule has 0 fully saturated rings. The molecule has 0 spiro atoms. The summed E-state index contributed by atoms with van der Waals surface area (Å²) in [5.41, 5.74) is 0.314. The number of hydrogen-bond acceptors (Lipinski definition) is 2. The zero-order chi connectivity index (χ0) is 9.84. The quantitative estimate of drug-likeness (QED) is 0.621. The Balaban J connectivity index is 3.05. The van der Waals surface area contributed by atoms with Gasteiger partial charge in [-0.25, -0.2) is 13.8 Å². The van der Waals surface area contributed by atoms with Gasteiger partial charge in [0.2, 0.25) is 0 Å². The summed E-state index contributed by atoms with van der Waals surface area (Å²) in [6, 6.07) is 4.44. The first kappa shape index (κ1) is 10.3. The summed E-state index contributed by atoms with van der Waals surface area (Å²) in [5.74, 6) is 0. The SMILES string of the molecule is N#CCc1cc(C(F)F)cc(I)n1. The third kappa shape index (κ3) is 2.88. The van der Waals surface area contributed by atoms with Crippen molar-refractivity contribution in [2.45, 2.75) is 12.8 Å². The number of hydrogen-bond donors (Lipinski definition) is 0.